The van der Waals surface area contributed by atoms with Gasteiger partial charge in [0, 0.05) is 15.8 Å². The lowest BCUT2D eigenvalue weighted by molar-refractivity contribution is -0.119. The van der Waals surface area contributed by atoms with Crippen LogP contribution in [0.5, 0.6) is 11.5 Å². The van der Waals surface area contributed by atoms with E-state index in [1.807, 2.05) is 25.1 Å². The molecule has 4 nitrogen and oxygen atoms in total. The van der Waals surface area contributed by atoms with Crippen LogP contribution in [0.3, 0.4) is 0 Å². The van der Waals surface area contributed by atoms with E-state index < -0.39 is 0 Å². The van der Waals surface area contributed by atoms with Gasteiger partial charge < -0.3 is 14.8 Å². The van der Waals surface area contributed by atoms with Gasteiger partial charge in [0.1, 0.15) is 0 Å². The quantitative estimate of drug-likeness (QED) is 0.572. The maximum Gasteiger partial charge on any atom is 0.230 e. The molecule has 0 saturated carbocycles. The molecule has 27 heavy (non-hydrogen) atoms. The Morgan fingerprint density at radius 2 is 1.78 bits per heavy atom. The van der Waals surface area contributed by atoms with Crippen LogP contribution in [0.25, 0.3) is 0 Å². The first-order valence-electron chi connectivity index (χ1n) is 8.52. The van der Waals surface area contributed by atoms with Gasteiger partial charge in [-0.3, -0.25) is 4.79 Å². The lowest BCUT2D eigenvalue weighted by Gasteiger charge is -2.19. The molecule has 1 N–H and O–H groups in total. The molecule has 0 fully saturated rings. The van der Waals surface area contributed by atoms with Crippen molar-refractivity contribution in [1.29, 1.82) is 0 Å². The summed E-state index contributed by atoms with van der Waals surface area (Å²) in [7, 11) is 3.19. The van der Waals surface area contributed by atoms with Crippen molar-refractivity contribution in [3.8, 4) is 11.5 Å². The summed E-state index contributed by atoms with van der Waals surface area (Å²) < 4.78 is 10.6. The third kappa shape index (κ3) is 5.96. The fourth-order valence-electron chi connectivity index (χ4n) is 2.64. The van der Waals surface area contributed by atoms with Gasteiger partial charge in [-0.1, -0.05) is 42.3 Å². The number of carbonyl (C=O) groups is 1. The van der Waals surface area contributed by atoms with E-state index in [0.717, 1.165) is 17.5 Å². The molecule has 1 amide bonds. The van der Waals surface area contributed by atoms with E-state index in [1.54, 1.807) is 32.4 Å². The second-order valence-electron chi connectivity index (χ2n) is 5.84. The lowest BCUT2D eigenvalue weighted by Crippen LogP contribution is -2.29. The average molecular weight is 428 g/mol. The Bertz CT molecular complexity index is 766. The summed E-state index contributed by atoms with van der Waals surface area (Å²) in [5.74, 6) is 2.18. The summed E-state index contributed by atoms with van der Waals surface area (Å²) in [6, 6.07) is 11.0. The molecule has 2 aromatic carbocycles. The zero-order valence-electron chi connectivity index (χ0n) is 15.6. The highest BCUT2D eigenvalue weighted by molar-refractivity contribution is 7.99. The summed E-state index contributed by atoms with van der Waals surface area (Å²) in [5, 5.41) is 4.30. The third-order valence-corrected chi connectivity index (χ3v) is 5.76. The van der Waals surface area contributed by atoms with Crippen molar-refractivity contribution in [2.75, 3.05) is 20.0 Å². The molecule has 0 aromatic heterocycles. The molecule has 0 aliphatic rings. The largest absolute Gasteiger partial charge is 0.493 e. The number of ether oxygens (including phenoxy) is 2. The Hall–Kier alpha value is -1.56. The van der Waals surface area contributed by atoms with Crippen molar-refractivity contribution in [2.24, 2.45) is 0 Å². The Labute approximate surface area is 174 Å². The van der Waals surface area contributed by atoms with Crippen molar-refractivity contribution < 1.29 is 14.3 Å². The minimum absolute atomic E-state index is 0.0372. The second kappa shape index (κ2) is 10.7. The number of rotatable bonds is 9. The van der Waals surface area contributed by atoms with Crippen LogP contribution in [0, 0.1) is 0 Å². The maximum absolute atomic E-state index is 12.4. The van der Waals surface area contributed by atoms with E-state index in [0.29, 0.717) is 33.0 Å². The summed E-state index contributed by atoms with van der Waals surface area (Å²) in [4.78, 5) is 12.4. The number of hydrogen-bond acceptors (Lipinski definition) is 4. The highest BCUT2D eigenvalue weighted by atomic mass is 35.5. The number of nitrogens with one attached hydrogen (secondary N) is 1. The Morgan fingerprint density at radius 3 is 2.37 bits per heavy atom. The van der Waals surface area contributed by atoms with E-state index in [1.165, 1.54) is 11.8 Å². The first-order chi connectivity index (χ1) is 13.0. The minimum Gasteiger partial charge on any atom is -0.493 e. The zero-order valence-corrected chi connectivity index (χ0v) is 17.9. The number of thioether (sulfide) groups is 1. The topological polar surface area (TPSA) is 47.6 Å². The van der Waals surface area contributed by atoms with Crippen molar-refractivity contribution in [1.82, 2.24) is 5.32 Å². The summed E-state index contributed by atoms with van der Waals surface area (Å²) in [6.45, 7) is 2.03. The van der Waals surface area contributed by atoms with E-state index in [4.69, 9.17) is 32.7 Å². The molecule has 0 bridgehead atoms. The van der Waals surface area contributed by atoms with Crippen LogP contribution < -0.4 is 14.8 Å². The molecule has 0 aliphatic heterocycles. The van der Waals surface area contributed by atoms with Crippen molar-refractivity contribution in [3.63, 3.8) is 0 Å². The highest BCUT2D eigenvalue weighted by Gasteiger charge is 2.16. The van der Waals surface area contributed by atoms with Crippen LogP contribution in [0.15, 0.2) is 36.4 Å². The monoisotopic (exact) mass is 427 g/mol. The van der Waals surface area contributed by atoms with Crippen LogP contribution in [-0.4, -0.2) is 25.9 Å². The fraction of sp³-hybridized carbons (Fsp3) is 0.350. The van der Waals surface area contributed by atoms with E-state index in [2.05, 4.69) is 5.32 Å². The number of halogens is 2. The van der Waals surface area contributed by atoms with Gasteiger partial charge in [-0.2, -0.15) is 0 Å². The molecule has 1 atom stereocenters. The summed E-state index contributed by atoms with van der Waals surface area (Å²) >= 11 is 13.8. The molecule has 2 rings (SSSR count). The Balaban J connectivity index is 1.95. The first kappa shape index (κ1) is 21.7. The Kier molecular flexibility index (Phi) is 8.61. The van der Waals surface area contributed by atoms with Crippen LogP contribution in [0.4, 0.5) is 0 Å². The fourth-order valence-corrected chi connectivity index (χ4v) is 4.22. The second-order valence-corrected chi connectivity index (χ2v) is 7.64. The van der Waals surface area contributed by atoms with Gasteiger partial charge in [0.25, 0.3) is 0 Å². The van der Waals surface area contributed by atoms with Crippen molar-refractivity contribution >= 4 is 40.9 Å². The van der Waals surface area contributed by atoms with Crippen LogP contribution in [0.1, 0.15) is 30.5 Å². The van der Waals surface area contributed by atoms with Crippen LogP contribution >= 0.6 is 35.0 Å². The third-order valence-electron chi connectivity index (χ3n) is 4.09. The molecule has 2 aromatic rings. The lowest BCUT2D eigenvalue weighted by atomic mass is 10.0. The van der Waals surface area contributed by atoms with Crippen LogP contribution in [-0.2, 0) is 10.5 Å². The predicted molar refractivity (Wildman–Crippen MR) is 113 cm³/mol. The molecule has 0 spiro atoms. The molecular weight excluding hydrogens is 405 g/mol. The maximum atomic E-state index is 12.4. The van der Waals surface area contributed by atoms with Gasteiger partial charge >= 0.3 is 0 Å². The van der Waals surface area contributed by atoms with Gasteiger partial charge in [-0.15, -0.1) is 11.8 Å². The van der Waals surface area contributed by atoms with Gasteiger partial charge in [0.05, 0.1) is 26.0 Å². The van der Waals surface area contributed by atoms with Gasteiger partial charge in [-0.05, 0) is 41.8 Å². The highest BCUT2D eigenvalue weighted by Crippen LogP contribution is 2.31. The van der Waals surface area contributed by atoms with Crippen molar-refractivity contribution in [3.05, 3.63) is 57.6 Å². The van der Waals surface area contributed by atoms with Crippen molar-refractivity contribution in [2.45, 2.75) is 25.1 Å². The smallest absolute Gasteiger partial charge is 0.230 e. The number of benzene rings is 2. The number of amides is 1. The standard InChI is InChI=1S/C20H23Cl2NO3S/c1-4-17(13-8-9-18(25-2)19(10-13)26-3)23-20(24)12-27-11-14-15(21)6-5-7-16(14)22/h5-10,17H,4,11-12H2,1-3H3,(H,23,24). The average Bonchev–Trinajstić information content (AvgIpc) is 2.67. The number of carbonyl (C=O) groups excluding carboxylic acids is 1. The van der Waals surface area contributed by atoms with E-state index in [-0.39, 0.29) is 11.9 Å². The molecular formula is C20H23Cl2NO3S. The molecule has 0 saturated heterocycles. The summed E-state index contributed by atoms with van der Waals surface area (Å²) in [6.07, 6.45) is 0.766. The summed E-state index contributed by atoms with van der Waals surface area (Å²) in [5.41, 5.74) is 1.83. The van der Waals surface area contributed by atoms with E-state index >= 15 is 0 Å². The van der Waals surface area contributed by atoms with Crippen LogP contribution in [0.2, 0.25) is 10.0 Å². The number of hydrogen-bond donors (Lipinski definition) is 1. The molecule has 7 heteroatoms. The minimum atomic E-state index is -0.0955. The molecule has 146 valence electrons. The normalized spacial score (nSPS) is 11.7. The molecule has 0 heterocycles. The SMILES string of the molecule is CCC(NC(=O)CSCc1c(Cl)cccc1Cl)c1ccc(OC)c(OC)c1. The van der Waals surface area contributed by atoms with Gasteiger partial charge in [0.2, 0.25) is 5.91 Å². The molecule has 0 aliphatic carbocycles. The first-order valence-corrected chi connectivity index (χ1v) is 10.4. The molecule has 0 radical (unpaired) electrons. The zero-order chi connectivity index (χ0) is 19.8. The number of methoxy groups -OCH3 is 2. The molecule has 1 unspecified atom stereocenters. The Morgan fingerprint density at radius 1 is 1.11 bits per heavy atom. The predicted octanol–water partition coefficient (Wildman–Crippen LogP) is 5.51. The van der Waals surface area contributed by atoms with Gasteiger partial charge in [0.15, 0.2) is 11.5 Å². The van der Waals surface area contributed by atoms with E-state index in [9.17, 15) is 4.79 Å². The van der Waals surface area contributed by atoms with Gasteiger partial charge in [-0.25, -0.2) is 0 Å².